The van der Waals surface area contributed by atoms with Gasteiger partial charge in [-0.25, -0.2) is 23.8 Å². The van der Waals surface area contributed by atoms with Crippen LogP contribution in [0.5, 0.6) is 0 Å². The number of hydrogen-bond acceptors (Lipinski definition) is 6. The normalized spacial score (nSPS) is 11.4. The Bertz CT molecular complexity index is 1240. The van der Waals surface area contributed by atoms with Crippen molar-refractivity contribution in [2.75, 3.05) is 5.43 Å². The Hall–Kier alpha value is -3.59. The Labute approximate surface area is 194 Å². The molecule has 3 aromatic carbocycles. The zero-order valence-electron chi connectivity index (χ0n) is 18.0. The van der Waals surface area contributed by atoms with Crippen molar-refractivity contribution < 1.29 is 8.42 Å². The van der Waals surface area contributed by atoms with Crippen molar-refractivity contribution in [2.24, 2.45) is 0 Å². The number of nitrogens with zero attached hydrogens (tertiary/aromatic N) is 3. The molecule has 1 aromatic heterocycles. The van der Waals surface area contributed by atoms with E-state index in [1.807, 2.05) is 60.7 Å². The monoisotopic (exact) mass is 459 g/mol. The van der Waals surface area contributed by atoms with Gasteiger partial charge in [-0.05, 0) is 23.3 Å². The highest BCUT2D eigenvalue weighted by atomic mass is 32.2. The molecule has 1 heterocycles. The van der Waals surface area contributed by atoms with Gasteiger partial charge in [0, 0.05) is 37.6 Å². The van der Waals surface area contributed by atoms with E-state index < -0.39 is 10.0 Å². The molecule has 2 N–H and O–H groups in total. The lowest BCUT2D eigenvalue weighted by atomic mass is 10.2. The SMILES string of the molecule is O=S(=O)(c1ccccc1)N(Cc1ccccc1)Cc1cnc(NNCc2ccccc2)nc1. The molecule has 0 radical (unpaired) electrons. The van der Waals surface area contributed by atoms with Gasteiger partial charge in [0.1, 0.15) is 0 Å². The number of aromatic nitrogens is 2. The van der Waals surface area contributed by atoms with Gasteiger partial charge in [-0.15, -0.1) is 0 Å². The number of hydrazine groups is 1. The maximum absolute atomic E-state index is 13.3. The van der Waals surface area contributed by atoms with E-state index in [-0.39, 0.29) is 18.0 Å². The van der Waals surface area contributed by atoms with Crippen molar-refractivity contribution in [2.45, 2.75) is 24.5 Å². The Morgan fingerprint density at radius 3 is 1.79 bits per heavy atom. The summed E-state index contributed by atoms with van der Waals surface area (Å²) < 4.78 is 28.1. The molecule has 0 aliphatic rings. The molecule has 33 heavy (non-hydrogen) atoms. The number of rotatable bonds is 10. The number of hydrogen-bond donors (Lipinski definition) is 2. The zero-order chi connectivity index (χ0) is 22.9. The van der Waals surface area contributed by atoms with Crippen LogP contribution >= 0.6 is 0 Å². The molecule has 168 valence electrons. The number of anilines is 1. The van der Waals surface area contributed by atoms with Crippen LogP contribution in [0, 0.1) is 0 Å². The predicted molar refractivity (Wildman–Crippen MR) is 128 cm³/mol. The Morgan fingerprint density at radius 1 is 0.667 bits per heavy atom. The first-order valence-corrected chi connectivity index (χ1v) is 12.0. The second-order valence-electron chi connectivity index (χ2n) is 7.45. The molecule has 8 heteroatoms. The van der Waals surface area contributed by atoms with Crippen LogP contribution in [-0.4, -0.2) is 22.7 Å². The van der Waals surface area contributed by atoms with Crippen molar-refractivity contribution in [3.05, 3.63) is 120 Å². The second-order valence-corrected chi connectivity index (χ2v) is 9.39. The fraction of sp³-hybridized carbons (Fsp3) is 0.120. The van der Waals surface area contributed by atoms with Crippen molar-refractivity contribution in [1.29, 1.82) is 0 Å². The highest BCUT2D eigenvalue weighted by Crippen LogP contribution is 2.21. The van der Waals surface area contributed by atoms with Gasteiger partial charge in [-0.3, -0.25) is 5.43 Å². The van der Waals surface area contributed by atoms with E-state index in [2.05, 4.69) is 20.8 Å². The molecular formula is C25H25N5O2S. The number of sulfonamides is 1. The molecule has 0 fully saturated rings. The third-order valence-corrected chi connectivity index (χ3v) is 6.79. The minimum atomic E-state index is -3.70. The topological polar surface area (TPSA) is 87.2 Å². The minimum Gasteiger partial charge on any atom is -0.289 e. The van der Waals surface area contributed by atoms with Gasteiger partial charge in [0.05, 0.1) is 4.90 Å². The fourth-order valence-electron chi connectivity index (χ4n) is 3.28. The minimum absolute atomic E-state index is 0.157. The first-order chi connectivity index (χ1) is 16.1. The summed E-state index contributed by atoms with van der Waals surface area (Å²) >= 11 is 0. The predicted octanol–water partition coefficient (Wildman–Crippen LogP) is 3.98. The lowest BCUT2D eigenvalue weighted by Gasteiger charge is -2.22. The van der Waals surface area contributed by atoms with Crippen LogP contribution in [0.3, 0.4) is 0 Å². The van der Waals surface area contributed by atoms with Crippen LogP contribution in [0.15, 0.2) is 108 Å². The molecule has 4 rings (SSSR count). The number of nitrogens with one attached hydrogen (secondary N) is 2. The van der Waals surface area contributed by atoms with E-state index in [0.717, 1.165) is 11.1 Å². The molecule has 0 aliphatic carbocycles. The molecule has 0 bridgehead atoms. The van der Waals surface area contributed by atoms with Crippen molar-refractivity contribution in [3.63, 3.8) is 0 Å². The summed E-state index contributed by atoms with van der Waals surface area (Å²) in [5.41, 5.74) is 8.77. The van der Waals surface area contributed by atoms with E-state index in [1.165, 1.54) is 4.31 Å². The highest BCUT2D eigenvalue weighted by molar-refractivity contribution is 7.89. The summed E-state index contributed by atoms with van der Waals surface area (Å²) in [6.45, 7) is 1.02. The second kappa shape index (κ2) is 10.8. The summed E-state index contributed by atoms with van der Waals surface area (Å²) in [6.07, 6.45) is 3.27. The van der Waals surface area contributed by atoms with E-state index >= 15 is 0 Å². The van der Waals surface area contributed by atoms with Gasteiger partial charge in [0.2, 0.25) is 16.0 Å². The van der Waals surface area contributed by atoms with E-state index in [1.54, 1.807) is 42.7 Å². The molecule has 0 saturated carbocycles. The van der Waals surface area contributed by atoms with Gasteiger partial charge >= 0.3 is 0 Å². The summed E-state index contributed by atoms with van der Waals surface area (Å²) in [5, 5.41) is 0. The standard InChI is InChI=1S/C25H25N5O2S/c31-33(32,24-14-8-3-9-15-24)30(19-22-12-6-2-7-13-22)20-23-16-26-25(27-17-23)29-28-18-21-10-4-1-5-11-21/h1-17,28H,18-20H2,(H,26,27,29). The molecule has 0 spiro atoms. The Balaban J connectivity index is 1.46. The molecule has 0 saturated heterocycles. The van der Waals surface area contributed by atoms with Gasteiger partial charge in [0.15, 0.2) is 0 Å². The Kier molecular flexibility index (Phi) is 7.41. The van der Waals surface area contributed by atoms with Gasteiger partial charge in [-0.1, -0.05) is 78.9 Å². The first-order valence-electron chi connectivity index (χ1n) is 10.5. The van der Waals surface area contributed by atoms with Crippen LogP contribution < -0.4 is 10.9 Å². The average molecular weight is 460 g/mol. The van der Waals surface area contributed by atoms with Crippen LogP contribution in [-0.2, 0) is 29.7 Å². The third-order valence-electron chi connectivity index (χ3n) is 4.98. The largest absolute Gasteiger partial charge is 0.289 e. The maximum Gasteiger partial charge on any atom is 0.243 e. The quantitative estimate of drug-likeness (QED) is 0.349. The van der Waals surface area contributed by atoms with Crippen LogP contribution in [0.25, 0.3) is 0 Å². The molecular weight excluding hydrogens is 434 g/mol. The average Bonchev–Trinajstić information content (AvgIpc) is 2.86. The summed E-state index contributed by atoms with van der Waals surface area (Å²) in [5.74, 6) is 0.412. The van der Waals surface area contributed by atoms with E-state index in [4.69, 9.17) is 0 Å². The number of benzene rings is 3. The zero-order valence-corrected chi connectivity index (χ0v) is 18.8. The molecule has 7 nitrogen and oxygen atoms in total. The Morgan fingerprint density at radius 2 is 1.18 bits per heavy atom. The van der Waals surface area contributed by atoms with Crippen LogP contribution in [0.1, 0.15) is 16.7 Å². The lowest BCUT2D eigenvalue weighted by Crippen LogP contribution is -2.30. The molecule has 0 amide bonds. The fourth-order valence-corrected chi connectivity index (χ4v) is 4.72. The summed E-state index contributed by atoms with van der Waals surface area (Å²) in [7, 11) is -3.70. The van der Waals surface area contributed by atoms with Gasteiger partial charge in [-0.2, -0.15) is 4.31 Å². The molecule has 0 unspecified atom stereocenters. The lowest BCUT2D eigenvalue weighted by molar-refractivity contribution is 0.400. The van der Waals surface area contributed by atoms with Crippen LogP contribution in [0.2, 0.25) is 0 Å². The first kappa shape index (κ1) is 22.6. The van der Waals surface area contributed by atoms with Gasteiger partial charge < -0.3 is 0 Å². The van der Waals surface area contributed by atoms with Gasteiger partial charge in [0.25, 0.3) is 0 Å². The van der Waals surface area contributed by atoms with E-state index in [0.29, 0.717) is 18.1 Å². The summed E-state index contributed by atoms with van der Waals surface area (Å²) in [6, 6.07) is 28.0. The van der Waals surface area contributed by atoms with Crippen molar-refractivity contribution in [1.82, 2.24) is 19.7 Å². The smallest absolute Gasteiger partial charge is 0.243 e. The van der Waals surface area contributed by atoms with Crippen molar-refractivity contribution >= 4 is 16.0 Å². The maximum atomic E-state index is 13.3. The summed E-state index contributed by atoms with van der Waals surface area (Å²) in [4.78, 5) is 8.89. The van der Waals surface area contributed by atoms with Crippen molar-refractivity contribution in [3.8, 4) is 0 Å². The van der Waals surface area contributed by atoms with Crippen LogP contribution in [0.4, 0.5) is 5.95 Å². The highest BCUT2D eigenvalue weighted by Gasteiger charge is 2.25. The molecule has 0 atom stereocenters. The third kappa shape index (κ3) is 6.23. The molecule has 4 aromatic rings. The van der Waals surface area contributed by atoms with E-state index in [9.17, 15) is 8.42 Å². The molecule has 0 aliphatic heterocycles.